The van der Waals surface area contributed by atoms with E-state index >= 15 is 0 Å². The maximum atomic E-state index is 12.9. The predicted octanol–water partition coefficient (Wildman–Crippen LogP) is 2.80. The molecule has 1 saturated carbocycles. The summed E-state index contributed by atoms with van der Waals surface area (Å²) in [4.78, 5) is 33.1. The van der Waals surface area contributed by atoms with Gasteiger partial charge in [0.05, 0.1) is 12.5 Å². The number of hydrogen-bond acceptors (Lipinski definition) is 5. The molecule has 1 saturated heterocycles. The highest BCUT2D eigenvalue weighted by molar-refractivity contribution is 5.83. The number of nitrogens with zero attached hydrogens (tertiary/aromatic N) is 4. The molecule has 0 aromatic carbocycles. The molecule has 1 aromatic rings. The van der Waals surface area contributed by atoms with Crippen molar-refractivity contribution < 1.29 is 14.1 Å². The minimum absolute atomic E-state index is 0.0615. The summed E-state index contributed by atoms with van der Waals surface area (Å²) in [5.41, 5.74) is 0. The lowest BCUT2D eigenvalue weighted by molar-refractivity contribution is -0.143. The lowest BCUT2D eigenvalue weighted by Crippen LogP contribution is -2.47. The molecule has 3 rings (SSSR count). The zero-order valence-electron chi connectivity index (χ0n) is 16.7. The fourth-order valence-electron chi connectivity index (χ4n) is 4.25. The predicted molar refractivity (Wildman–Crippen MR) is 101 cm³/mol. The maximum absolute atomic E-state index is 12.9. The molecule has 0 spiro atoms. The summed E-state index contributed by atoms with van der Waals surface area (Å²) in [5, 5.41) is 3.94. The van der Waals surface area contributed by atoms with Crippen LogP contribution in [0.25, 0.3) is 0 Å². The van der Waals surface area contributed by atoms with Crippen LogP contribution in [-0.2, 0) is 22.6 Å². The number of aromatic nitrogens is 2. The van der Waals surface area contributed by atoms with Crippen LogP contribution < -0.4 is 0 Å². The first kappa shape index (κ1) is 19.8. The Morgan fingerprint density at radius 1 is 1.26 bits per heavy atom. The fourth-order valence-corrected chi connectivity index (χ4v) is 4.25. The normalized spacial score (nSPS) is 21.5. The summed E-state index contributed by atoms with van der Waals surface area (Å²) in [5.74, 6) is 1.90. The lowest BCUT2D eigenvalue weighted by Gasteiger charge is -2.36. The summed E-state index contributed by atoms with van der Waals surface area (Å²) in [7, 11) is 1.77. The van der Waals surface area contributed by atoms with Crippen LogP contribution in [0.4, 0.5) is 0 Å². The van der Waals surface area contributed by atoms with Gasteiger partial charge in [-0.3, -0.25) is 9.59 Å². The van der Waals surface area contributed by atoms with Crippen LogP contribution >= 0.6 is 0 Å². The van der Waals surface area contributed by atoms with Gasteiger partial charge >= 0.3 is 0 Å². The first-order valence-corrected chi connectivity index (χ1v) is 10.4. The van der Waals surface area contributed by atoms with Crippen molar-refractivity contribution in [1.82, 2.24) is 19.9 Å². The van der Waals surface area contributed by atoms with E-state index in [2.05, 4.69) is 17.1 Å². The Morgan fingerprint density at radius 3 is 2.78 bits per heavy atom. The van der Waals surface area contributed by atoms with Crippen molar-refractivity contribution in [3.63, 3.8) is 0 Å². The third-order valence-electron chi connectivity index (χ3n) is 5.79. The van der Waals surface area contributed by atoms with Crippen LogP contribution in [0.2, 0.25) is 0 Å². The molecule has 1 aliphatic heterocycles. The van der Waals surface area contributed by atoms with Gasteiger partial charge in [0.2, 0.25) is 17.7 Å². The fraction of sp³-hybridized carbons (Fsp3) is 0.800. The average Bonchev–Trinajstić information content (AvgIpc) is 3.11. The van der Waals surface area contributed by atoms with Gasteiger partial charge in [-0.25, -0.2) is 0 Å². The number of carbonyl (C=O) groups excluding carboxylic acids is 2. The van der Waals surface area contributed by atoms with Crippen molar-refractivity contribution in [2.45, 2.75) is 71.3 Å². The molecule has 0 bridgehead atoms. The number of likely N-dealkylation sites (tertiary alicyclic amines) is 1. The zero-order valence-corrected chi connectivity index (χ0v) is 16.7. The lowest BCUT2D eigenvalue weighted by atomic mass is 9.87. The molecule has 27 heavy (non-hydrogen) atoms. The SMILES string of the molecule is CCCc1noc(CN(C)C(=O)[C@H]2CCC(=O)N(CC3CCCCC3)C2)n1. The highest BCUT2D eigenvalue weighted by Gasteiger charge is 2.33. The van der Waals surface area contributed by atoms with Crippen LogP contribution in [0, 0.1) is 11.8 Å². The quantitative estimate of drug-likeness (QED) is 0.731. The second-order valence-electron chi connectivity index (χ2n) is 8.09. The third-order valence-corrected chi connectivity index (χ3v) is 5.79. The second-order valence-corrected chi connectivity index (χ2v) is 8.09. The minimum Gasteiger partial charge on any atom is -0.342 e. The summed E-state index contributed by atoms with van der Waals surface area (Å²) in [6, 6.07) is 0. The van der Waals surface area contributed by atoms with Crippen molar-refractivity contribution in [1.29, 1.82) is 0 Å². The second kappa shape index (κ2) is 9.33. The molecule has 2 heterocycles. The van der Waals surface area contributed by atoms with E-state index in [1.54, 1.807) is 11.9 Å². The Balaban J connectivity index is 1.53. The van der Waals surface area contributed by atoms with E-state index in [1.807, 2.05) is 4.90 Å². The molecule has 0 unspecified atom stereocenters. The maximum Gasteiger partial charge on any atom is 0.246 e. The van der Waals surface area contributed by atoms with Crippen LogP contribution in [0.3, 0.4) is 0 Å². The van der Waals surface area contributed by atoms with Crippen molar-refractivity contribution in [2.75, 3.05) is 20.1 Å². The molecule has 0 N–H and O–H groups in total. The first-order chi connectivity index (χ1) is 13.1. The monoisotopic (exact) mass is 376 g/mol. The molecule has 1 aliphatic carbocycles. The van der Waals surface area contributed by atoms with Gasteiger partial charge in [-0.2, -0.15) is 4.98 Å². The molecule has 1 aromatic heterocycles. The largest absolute Gasteiger partial charge is 0.342 e. The molecule has 150 valence electrons. The first-order valence-electron chi connectivity index (χ1n) is 10.4. The van der Waals surface area contributed by atoms with E-state index in [-0.39, 0.29) is 17.7 Å². The van der Waals surface area contributed by atoms with Gasteiger partial charge in [-0.1, -0.05) is 31.3 Å². The molecule has 7 heteroatoms. The van der Waals surface area contributed by atoms with E-state index in [0.29, 0.717) is 43.6 Å². The van der Waals surface area contributed by atoms with E-state index in [9.17, 15) is 9.59 Å². The molecular weight excluding hydrogens is 344 g/mol. The summed E-state index contributed by atoms with van der Waals surface area (Å²) < 4.78 is 5.24. The van der Waals surface area contributed by atoms with Gasteiger partial charge < -0.3 is 14.3 Å². The van der Waals surface area contributed by atoms with E-state index < -0.39 is 0 Å². The Labute approximate surface area is 161 Å². The summed E-state index contributed by atoms with van der Waals surface area (Å²) in [6.45, 7) is 3.75. The Kier molecular flexibility index (Phi) is 6.85. The van der Waals surface area contributed by atoms with Crippen LogP contribution in [0.5, 0.6) is 0 Å². The van der Waals surface area contributed by atoms with Gasteiger partial charge in [-0.15, -0.1) is 0 Å². The number of aryl methyl sites for hydroxylation is 1. The van der Waals surface area contributed by atoms with Gasteiger partial charge in [0.1, 0.15) is 0 Å². The molecular formula is C20H32N4O3. The number of piperidine rings is 1. The molecule has 2 aliphatic rings. The smallest absolute Gasteiger partial charge is 0.246 e. The topological polar surface area (TPSA) is 79.5 Å². The number of hydrogen-bond donors (Lipinski definition) is 0. The molecule has 2 amide bonds. The van der Waals surface area contributed by atoms with E-state index in [4.69, 9.17) is 4.52 Å². The third kappa shape index (κ3) is 5.30. The van der Waals surface area contributed by atoms with Crippen molar-refractivity contribution in [3.8, 4) is 0 Å². The Hall–Kier alpha value is -1.92. The Morgan fingerprint density at radius 2 is 2.04 bits per heavy atom. The van der Waals surface area contributed by atoms with Crippen LogP contribution in [0.1, 0.15) is 70.0 Å². The standard InChI is InChI=1S/C20H32N4O3/c1-3-7-17-21-18(27-22-17)14-23(2)20(26)16-10-11-19(25)24(13-16)12-15-8-5-4-6-9-15/h15-16H,3-14H2,1-2H3/t16-/m0/s1. The van der Waals surface area contributed by atoms with Gasteiger partial charge in [0.25, 0.3) is 0 Å². The number of carbonyl (C=O) groups is 2. The van der Waals surface area contributed by atoms with Gasteiger partial charge in [0.15, 0.2) is 5.82 Å². The van der Waals surface area contributed by atoms with E-state index in [1.165, 1.54) is 32.1 Å². The Bertz CT molecular complexity index is 639. The molecule has 2 fully saturated rings. The van der Waals surface area contributed by atoms with E-state index in [0.717, 1.165) is 19.4 Å². The molecule has 1 atom stereocenters. The zero-order chi connectivity index (χ0) is 19.2. The average molecular weight is 377 g/mol. The van der Waals surface area contributed by atoms with Crippen molar-refractivity contribution in [2.24, 2.45) is 11.8 Å². The van der Waals surface area contributed by atoms with Crippen LogP contribution in [0.15, 0.2) is 4.52 Å². The number of rotatable bonds is 7. The molecule has 0 radical (unpaired) electrons. The molecule has 7 nitrogen and oxygen atoms in total. The van der Waals surface area contributed by atoms with Gasteiger partial charge in [0, 0.05) is 33.0 Å². The highest BCUT2D eigenvalue weighted by Crippen LogP contribution is 2.27. The summed E-state index contributed by atoms with van der Waals surface area (Å²) in [6.07, 6.45) is 9.10. The van der Waals surface area contributed by atoms with Crippen LogP contribution in [-0.4, -0.2) is 51.9 Å². The van der Waals surface area contributed by atoms with Crippen molar-refractivity contribution >= 4 is 11.8 Å². The van der Waals surface area contributed by atoms with Gasteiger partial charge in [-0.05, 0) is 31.6 Å². The highest BCUT2D eigenvalue weighted by atomic mass is 16.5. The summed E-state index contributed by atoms with van der Waals surface area (Å²) >= 11 is 0. The number of amides is 2. The van der Waals surface area contributed by atoms with Crippen molar-refractivity contribution in [3.05, 3.63) is 11.7 Å². The minimum atomic E-state index is -0.130.